The number of aliphatic carboxylic acids is 1. The summed E-state index contributed by atoms with van der Waals surface area (Å²) >= 11 is 0. The number of nitrogens with zero attached hydrogens (tertiary/aromatic N) is 1. The number of carbonyl (C=O) groups excluding carboxylic acids is 1. The normalized spacial score (nSPS) is 13.0. The number of carboxylic acid groups (broad SMARTS) is 1. The van der Waals surface area contributed by atoms with Gasteiger partial charge in [0.25, 0.3) is 0 Å². The first-order valence-corrected chi connectivity index (χ1v) is 23.4. The Kier molecular flexibility index (Phi) is 39.4. The molecule has 0 rings (SSSR count). The molecule has 0 aliphatic rings. The molecule has 316 valence electrons. The number of esters is 1. The molecule has 0 aliphatic heterocycles. The van der Waals surface area contributed by atoms with Gasteiger partial charge in [-0.1, -0.05) is 160 Å². The van der Waals surface area contributed by atoms with E-state index in [9.17, 15) is 14.7 Å². The number of carboxylic acids is 1. The Labute approximate surface area is 336 Å². The summed E-state index contributed by atoms with van der Waals surface area (Å²) in [5.41, 5.74) is 1.92. The second-order valence-corrected chi connectivity index (χ2v) is 16.4. The van der Waals surface area contributed by atoms with Crippen LogP contribution in [0.2, 0.25) is 0 Å². The highest BCUT2D eigenvalue weighted by atomic mass is 16.5. The summed E-state index contributed by atoms with van der Waals surface area (Å²) in [6.45, 7) is 7.63. The van der Waals surface area contributed by atoms with E-state index in [1.807, 2.05) is 14.1 Å². The number of unbranched alkanes of at least 4 members (excludes halogenated alkanes) is 21. The molecule has 0 heterocycles. The van der Waals surface area contributed by atoms with Gasteiger partial charge in [0.15, 0.2) is 0 Å². The number of rotatable bonds is 41. The van der Waals surface area contributed by atoms with Gasteiger partial charge in [0.05, 0.1) is 0 Å². The standard InChI is InChI=1S/C49H91NO4/c1-6-9-12-14-16-18-19-20-21-22-23-24-25-27-29-34-40-46(54-48(51)43-37-44-50(4)5)41-35-30-31-36-42-47(49(52)53)45(38-32-11-8-3)39-33-28-26-17-15-13-10-7-2/h16,18,20-21,46H,6-15,17,19,22-44H2,1-5H3,(H,52,53)/b18-16-,21-20-,47-45+. The Morgan fingerprint density at radius 1 is 0.519 bits per heavy atom. The summed E-state index contributed by atoms with van der Waals surface area (Å²) in [6, 6.07) is 0. The highest BCUT2D eigenvalue weighted by molar-refractivity contribution is 5.87. The number of carbonyl (C=O) groups is 2. The molecule has 0 spiro atoms. The zero-order chi connectivity index (χ0) is 39.7. The van der Waals surface area contributed by atoms with E-state index in [0.29, 0.717) is 18.4 Å². The predicted octanol–water partition coefficient (Wildman–Crippen LogP) is 15.3. The second-order valence-electron chi connectivity index (χ2n) is 16.4. The second kappa shape index (κ2) is 40.8. The first-order chi connectivity index (χ1) is 26.3. The Bertz CT molecular complexity index is 936. The van der Waals surface area contributed by atoms with Crippen LogP contribution in [-0.4, -0.2) is 48.7 Å². The van der Waals surface area contributed by atoms with Crippen molar-refractivity contribution >= 4 is 11.9 Å². The molecule has 1 unspecified atom stereocenters. The monoisotopic (exact) mass is 758 g/mol. The Morgan fingerprint density at radius 2 is 0.944 bits per heavy atom. The highest BCUT2D eigenvalue weighted by Crippen LogP contribution is 2.26. The number of hydrogen-bond donors (Lipinski definition) is 1. The minimum absolute atomic E-state index is 0.00831. The number of hydrogen-bond acceptors (Lipinski definition) is 4. The quantitative estimate of drug-likeness (QED) is 0.0291. The van der Waals surface area contributed by atoms with E-state index < -0.39 is 5.97 Å². The summed E-state index contributed by atoms with van der Waals surface area (Å²) in [5, 5.41) is 10.2. The van der Waals surface area contributed by atoms with Gasteiger partial charge in [-0.25, -0.2) is 4.79 Å². The van der Waals surface area contributed by atoms with Crippen molar-refractivity contribution in [2.45, 2.75) is 245 Å². The molecule has 0 bridgehead atoms. The van der Waals surface area contributed by atoms with Gasteiger partial charge < -0.3 is 14.7 Å². The van der Waals surface area contributed by atoms with Crippen molar-refractivity contribution in [1.29, 1.82) is 0 Å². The minimum atomic E-state index is -0.699. The van der Waals surface area contributed by atoms with Crippen LogP contribution in [-0.2, 0) is 14.3 Å². The van der Waals surface area contributed by atoms with Crippen molar-refractivity contribution in [3.8, 4) is 0 Å². The molecule has 0 saturated heterocycles. The Morgan fingerprint density at radius 3 is 1.48 bits per heavy atom. The lowest BCUT2D eigenvalue weighted by Crippen LogP contribution is -2.20. The summed E-state index contributed by atoms with van der Waals surface area (Å²) < 4.78 is 6.04. The van der Waals surface area contributed by atoms with E-state index in [1.54, 1.807) is 0 Å². The molecule has 0 aromatic carbocycles. The molecule has 5 nitrogen and oxygen atoms in total. The lowest BCUT2D eigenvalue weighted by molar-refractivity contribution is -0.150. The lowest BCUT2D eigenvalue weighted by atomic mass is 9.92. The van der Waals surface area contributed by atoms with Crippen LogP contribution in [0.25, 0.3) is 0 Å². The third kappa shape index (κ3) is 35.8. The fourth-order valence-electron chi connectivity index (χ4n) is 7.36. The van der Waals surface area contributed by atoms with E-state index >= 15 is 0 Å². The van der Waals surface area contributed by atoms with Gasteiger partial charge in [-0.3, -0.25) is 4.79 Å². The van der Waals surface area contributed by atoms with Crippen molar-refractivity contribution < 1.29 is 19.4 Å². The van der Waals surface area contributed by atoms with Crippen LogP contribution < -0.4 is 0 Å². The highest BCUT2D eigenvalue weighted by Gasteiger charge is 2.16. The van der Waals surface area contributed by atoms with E-state index in [4.69, 9.17) is 4.74 Å². The SMILES string of the molecule is CCCCC/C=C\C/C=C\CCCCCCCCC(CCCCCC/C(C(=O)O)=C(/CCCCC)CCCCCCCCCC)OC(=O)CCCN(C)C. The largest absolute Gasteiger partial charge is 0.478 e. The minimum Gasteiger partial charge on any atom is -0.478 e. The average Bonchev–Trinajstić information content (AvgIpc) is 3.14. The van der Waals surface area contributed by atoms with Crippen molar-refractivity contribution in [1.82, 2.24) is 4.90 Å². The molecular formula is C49H91NO4. The van der Waals surface area contributed by atoms with Gasteiger partial charge in [-0.15, -0.1) is 0 Å². The Hall–Kier alpha value is -1.88. The molecule has 1 N–H and O–H groups in total. The molecule has 0 saturated carbocycles. The molecule has 0 aromatic rings. The average molecular weight is 758 g/mol. The van der Waals surface area contributed by atoms with Crippen LogP contribution in [0, 0.1) is 0 Å². The maximum atomic E-state index is 12.7. The first kappa shape index (κ1) is 52.1. The molecular weight excluding hydrogens is 667 g/mol. The van der Waals surface area contributed by atoms with E-state index in [0.717, 1.165) is 96.4 Å². The number of allylic oxidation sites excluding steroid dienone is 5. The first-order valence-electron chi connectivity index (χ1n) is 23.4. The molecule has 5 heteroatoms. The Balaban J connectivity index is 4.67. The van der Waals surface area contributed by atoms with Crippen LogP contribution in [0.5, 0.6) is 0 Å². The van der Waals surface area contributed by atoms with Crippen molar-refractivity contribution in [3.63, 3.8) is 0 Å². The van der Waals surface area contributed by atoms with Crippen LogP contribution in [0.3, 0.4) is 0 Å². The maximum Gasteiger partial charge on any atom is 0.331 e. The summed E-state index contributed by atoms with van der Waals surface area (Å²) in [6.07, 6.45) is 47.7. The van der Waals surface area contributed by atoms with Crippen LogP contribution >= 0.6 is 0 Å². The van der Waals surface area contributed by atoms with Crippen molar-refractivity contribution in [2.24, 2.45) is 0 Å². The van der Waals surface area contributed by atoms with Crippen molar-refractivity contribution in [2.75, 3.05) is 20.6 Å². The smallest absolute Gasteiger partial charge is 0.331 e. The molecule has 0 radical (unpaired) electrons. The summed E-state index contributed by atoms with van der Waals surface area (Å²) in [7, 11) is 4.08. The van der Waals surface area contributed by atoms with Gasteiger partial charge in [0, 0.05) is 12.0 Å². The summed E-state index contributed by atoms with van der Waals surface area (Å²) in [5.74, 6) is -0.749. The van der Waals surface area contributed by atoms with Crippen LogP contribution in [0.4, 0.5) is 0 Å². The molecule has 54 heavy (non-hydrogen) atoms. The van der Waals surface area contributed by atoms with E-state index in [2.05, 4.69) is 50.0 Å². The lowest BCUT2D eigenvalue weighted by Gasteiger charge is -2.19. The van der Waals surface area contributed by atoms with Gasteiger partial charge in [0.2, 0.25) is 0 Å². The molecule has 0 aromatic heterocycles. The third-order valence-electron chi connectivity index (χ3n) is 10.8. The topological polar surface area (TPSA) is 66.8 Å². The molecule has 0 amide bonds. The van der Waals surface area contributed by atoms with Crippen LogP contribution in [0.1, 0.15) is 239 Å². The van der Waals surface area contributed by atoms with E-state index in [-0.39, 0.29) is 12.1 Å². The molecule has 1 atom stereocenters. The van der Waals surface area contributed by atoms with Crippen LogP contribution in [0.15, 0.2) is 35.5 Å². The summed E-state index contributed by atoms with van der Waals surface area (Å²) in [4.78, 5) is 27.2. The van der Waals surface area contributed by atoms with Gasteiger partial charge in [0.1, 0.15) is 6.10 Å². The molecule has 0 fully saturated rings. The third-order valence-corrected chi connectivity index (χ3v) is 10.8. The fraction of sp³-hybridized carbons (Fsp3) is 0.837. The van der Waals surface area contributed by atoms with Gasteiger partial charge in [-0.05, 0) is 123 Å². The number of ether oxygens (including phenoxy) is 1. The van der Waals surface area contributed by atoms with Crippen molar-refractivity contribution in [3.05, 3.63) is 35.5 Å². The van der Waals surface area contributed by atoms with Gasteiger partial charge >= 0.3 is 11.9 Å². The van der Waals surface area contributed by atoms with E-state index in [1.165, 1.54) is 121 Å². The fourth-order valence-corrected chi connectivity index (χ4v) is 7.36. The zero-order valence-corrected chi connectivity index (χ0v) is 36.8. The predicted molar refractivity (Wildman–Crippen MR) is 235 cm³/mol. The maximum absolute atomic E-state index is 12.7. The molecule has 0 aliphatic carbocycles. The van der Waals surface area contributed by atoms with Gasteiger partial charge in [-0.2, -0.15) is 0 Å². The zero-order valence-electron chi connectivity index (χ0n) is 36.8.